The first-order chi connectivity index (χ1) is 17.7. The van der Waals surface area contributed by atoms with Gasteiger partial charge in [0.25, 0.3) is 0 Å². The van der Waals surface area contributed by atoms with Gasteiger partial charge in [0.2, 0.25) is 5.95 Å². The van der Waals surface area contributed by atoms with Crippen molar-refractivity contribution in [3.8, 4) is 11.1 Å². The summed E-state index contributed by atoms with van der Waals surface area (Å²) in [5, 5.41) is 4.50. The van der Waals surface area contributed by atoms with E-state index in [-0.39, 0.29) is 23.6 Å². The maximum Gasteiger partial charge on any atom is 0.223 e. The van der Waals surface area contributed by atoms with Crippen molar-refractivity contribution in [1.29, 1.82) is 0 Å². The lowest BCUT2D eigenvalue weighted by Gasteiger charge is -2.37. The normalized spacial score (nSPS) is 23.8. The summed E-state index contributed by atoms with van der Waals surface area (Å²) in [4.78, 5) is 16.1. The summed E-state index contributed by atoms with van der Waals surface area (Å²) in [6.45, 7) is 6.82. The molecular weight excluding hydrogens is 488 g/mol. The quantitative estimate of drug-likeness (QED) is 0.549. The minimum absolute atomic E-state index is 0.0783. The summed E-state index contributed by atoms with van der Waals surface area (Å²) in [6, 6.07) is 8.85. The van der Waals surface area contributed by atoms with E-state index in [0.717, 1.165) is 61.9 Å². The highest BCUT2D eigenvalue weighted by molar-refractivity contribution is 7.91. The van der Waals surface area contributed by atoms with Gasteiger partial charge < -0.3 is 20.4 Å². The summed E-state index contributed by atoms with van der Waals surface area (Å²) in [6.07, 6.45) is 5.36. The first kappa shape index (κ1) is 24.2. The Balaban J connectivity index is 1.25. The van der Waals surface area contributed by atoms with Gasteiger partial charge in [0, 0.05) is 56.6 Å². The maximum atomic E-state index is 11.9. The standard InChI is InChI=1S/C26H34N8O2S/c1-18-11-19-3-4-20(22-14-28-34(16-22)23-5-10-37(35,36)17-23)12-21(19)15-33(18)25-13-24(29-26(27)30-25)32-8-6-31(2)7-9-32/h3-4,12-14,16,18,23H,5-11,15,17H2,1-2H3,(H2,27,29,30). The second kappa shape index (κ2) is 9.29. The Kier molecular flexibility index (Phi) is 6.07. The van der Waals surface area contributed by atoms with Crippen molar-refractivity contribution in [2.24, 2.45) is 0 Å². The van der Waals surface area contributed by atoms with Gasteiger partial charge >= 0.3 is 0 Å². The molecule has 3 aliphatic rings. The number of anilines is 3. The van der Waals surface area contributed by atoms with E-state index in [1.807, 2.05) is 17.1 Å². The number of aromatic nitrogens is 4. The number of piperazine rings is 1. The van der Waals surface area contributed by atoms with E-state index in [9.17, 15) is 8.42 Å². The highest BCUT2D eigenvalue weighted by Crippen LogP contribution is 2.33. The summed E-state index contributed by atoms with van der Waals surface area (Å²) in [5.74, 6) is 2.47. The molecule has 5 heterocycles. The van der Waals surface area contributed by atoms with Crippen molar-refractivity contribution >= 4 is 27.4 Å². The van der Waals surface area contributed by atoms with Crippen LogP contribution in [0.1, 0.15) is 30.5 Å². The van der Waals surface area contributed by atoms with Crippen LogP contribution in [0.3, 0.4) is 0 Å². The van der Waals surface area contributed by atoms with Gasteiger partial charge in [-0.2, -0.15) is 15.1 Å². The Morgan fingerprint density at radius 3 is 2.54 bits per heavy atom. The Labute approximate surface area is 218 Å². The van der Waals surface area contributed by atoms with Gasteiger partial charge in [-0.15, -0.1) is 0 Å². The van der Waals surface area contributed by atoms with Crippen LogP contribution in [0.2, 0.25) is 0 Å². The number of benzene rings is 1. The number of nitrogens with two attached hydrogens (primary N) is 1. The molecule has 2 unspecified atom stereocenters. The second-order valence-electron chi connectivity index (χ2n) is 10.7. The molecule has 196 valence electrons. The van der Waals surface area contributed by atoms with E-state index in [0.29, 0.717) is 12.4 Å². The molecule has 2 aromatic heterocycles. The zero-order valence-electron chi connectivity index (χ0n) is 21.4. The molecule has 0 amide bonds. The van der Waals surface area contributed by atoms with E-state index in [1.165, 1.54) is 11.1 Å². The summed E-state index contributed by atoms with van der Waals surface area (Å²) >= 11 is 0. The van der Waals surface area contributed by atoms with Gasteiger partial charge in [0.15, 0.2) is 9.84 Å². The fraction of sp³-hybridized carbons (Fsp3) is 0.500. The molecule has 2 atom stereocenters. The number of hydrogen-bond donors (Lipinski definition) is 1. The lowest BCUT2D eigenvalue weighted by atomic mass is 9.92. The number of fused-ring (bicyclic) bond motifs is 1. The Hall–Kier alpha value is -3.18. The van der Waals surface area contributed by atoms with Crippen molar-refractivity contribution in [2.75, 3.05) is 60.3 Å². The molecular formula is C26H34N8O2S. The van der Waals surface area contributed by atoms with Gasteiger partial charge in [-0.05, 0) is 49.6 Å². The molecule has 0 saturated carbocycles. The zero-order chi connectivity index (χ0) is 25.7. The number of nitrogen functional groups attached to an aromatic ring is 1. The van der Waals surface area contributed by atoms with Crippen LogP contribution >= 0.6 is 0 Å². The number of rotatable bonds is 4. The SMILES string of the molecule is CC1Cc2ccc(-c3cnn(C4CCS(=O)(=O)C4)c3)cc2CN1c1cc(N2CCN(C)CC2)nc(N)n1. The predicted molar refractivity (Wildman–Crippen MR) is 145 cm³/mol. The largest absolute Gasteiger partial charge is 0.368 e. The van der Waals surface area contributed by atoms with Gasteiger partial charge in [0.05, 0.1) is 23.7 Å². The lowest BCUT2D eigenvalue weighted by Crippen LogP contribution is -2.45. The van der Waals surface area contributed by atoms with Crippen molar-refractivity contribution in [3.05, 3.63) is 47.8 Å². The zero-order valence-corrected chi connectivity index (χ0v) is 22.2. The summed E-state index contributed by atoms with van der Waals surface area (Å²) in [5.41, 5.74) is 10.9. The van der Waals surface area contributed by atoms with E-state index in [1.54, 1.807) is 0 Å². The molecule has 10 nitrogen and oxygen atoms in total. The predicted octanol–water partition coefficient (Wildman–Crippen LogP) is 1.98. The lowest BCUT2D eigenvalue weighted by molar-refractivity contribution is 0.312. The van der Waals surface area contributed by atoms with Gasteiger partial charge in [-0.25, -0.2) is 8.42 Å². The number of likely N-dealkylation sites (N-methyl/N-ethyl adjacent to an activating group) is 1. The van der Waals surface area contributed by atoms with Crippen LogP contribution in [0.4, 0.5) is 17.6 Å². The van der Waals surface area contributed by atoms with Gasteiger partial charge in [-0.3, -0.25) is 4.68 Å². The van der Waals surface area contributed by atoms with Crippen LogP contribution in [-0.2, 0) is 22.8 Å². The fourth-order valence-electron chi connectivity index (χ4n) is 5.68. The molecule has 2 N–H and O–H groups in total. The van der Waals surface area contributed by atoms with E-state index >= 15 is 0 Å². The first-order valence-corrected chi connectivity index (χ1v) is 14.8. The molecule has 2 fully saturated rings. The Bertz CT molecular complexity index is 1410. The monoisotopic (exact) mass is 522 g/mol. The van der Waals surface area contributed by atoms with Crippen LogP contribution in [0.15, 0.2) is 36.7 Å². The van der Waals surface area contributed by atoms with Crippen LogP contribution in [0, 0.1) is 0 Å². The molecule has 37 heavy (non-hydrogen) atoms. The molecule has 0 bridgehead atoms. The smallest absolute Gasteiger partial charge is 0.223 e. The molecule has 11 heteroatoms. The number of nitrogens with zero attached hydrogens (tertiary/aromatic N) is 7. The Morgan fingerprint density at radius 1 is 1.00 bits per heavy atom. The average molecular weight is 523 g/mol. The second-order valence-corrected chi connectivity index (χ2v) is 12.9. The molecule has 0 spiro atoms. The third-order valence-corrected chi connectivity index (χ3v) is 9.70. The van der Waals surface area contributed by atoms with Crippen LogP contribution in [0.25, 0.3) is 11.1 Å². The molecule has 2 saturated heterocycles. The minimum Gasteiger partial charge on any atom is -0.368 e. The van der Waals surface area contributed by atoms with Crippen LogP contribution in [0.5, 0.6) is 0 Å². The molecule has 0 radical (unpaired) electrons. The third-order valence-electron chi connectivity index (χ3n) is 7.95. The molecule has 1 aromatic carbocycles. The number of hydrogen-bond acceptors (Lipinski definition) is 9. The molecule has 6 rings (SSSR count). The van der Waals surface area contributed by atoms with E-state index in [4.69, 9.17) is 5.73 Å². The topological polar surface area (TPSA) is 113 Å². The number of sulfone groups is 1. The van der Waals surface area contributed by atoms with Crippen molar-refractivity contribution in [2.45, 2.75) is 38.4 Å². The first-order valence-electron chi connectivity index (χ1n) is 13.0. The van der Waals surface area contributed by atoms with Crippen LogP contribution in [-0.4, -0.2) is 83.8 Å². The summed E-state index contributed by atoms with van der Waals surface area (Å²) < 4.78 is 25.6. The highest BCUT2D eigenvalue weighted by Gasteiger charge is 2.30. The average Bonchev–Trinajstić information content (AvgIpc) is 3.50. The Morgan fingerprint density at radius 2 is 1.78 bits per heavy atom. The minimum atomic E-state index is -2.96. The summed E-state index contributed by atoms with van der Waals surface area (Å²) in [7, 11) is -0.814. The molecule has 3 aromatic rings. The van der Waals surface area contributed by atoms with E-state index < -0.39 is 9.84 Å². The fourth-order valence-corrected chi connectivity index (χ4v) is 7.39. The van der Waals surface area contributed by atoms with Crippen LogP contribution < -0.4 is 15.5 Å². The van der Waals surface area contributed by atoms with Gasteiger partial charge in [-0.1, -0.05) is 12.1 Å². The highest BCUT2D eigenvalue weighted by atomic mass is 32.2. The van der Waals surface area contributed by atoms with Crippen molar-refractivity contribution in [1.82, 2.24) is 24.6 Å². The molecule has 3 aliphatic heterocycles. The third kappa shape index (κ3) is 4.89. The van der Waals surface area contributed by atoms with Gasteiger partial charge in [0.1, 0.15) is 11.6 Å². The maximum absolute atomic E-state index is 11.9. The molecule has 0 aliphatic carbocycles. The van der Waals surface area contributed by atoms with Crippen molar-refractivity contribution < 1.29 is 8.42 Å². The van der Waals surface area contributed by atoms with Crippen molar-refractivity contribution in [3.63, 3.8) is 0 Å². The van der Waals surface area contributed by atoms with E-state index in [2.05, 4.69) is 68.0 Å².